The molecule has 92 valence electrons. The second-order valence-corrected chi connectivity index (χ2v) is 5.00. The summed E-state index contributed by atoms with van der Waals surface area (Å²) in [6.07, 6.45) is 0. The molecule has 0 aromatic heterocycles. The quantitative estimate of drug-likeness (QED) is 0.870. The van der Waals surface area contributed by atoms with Crippen LogP contribution in [0.15, 0.2) is 48.5 Å². The van der Waals surface area contributed by atoms with Gasteiger partial charge in [0, 0.05) is 24.8 Å². The normalized spacial score (nSPS) is 15.6. The summed E-state index contributed by atoms with van der Waals surface area (Å²) in [4.78, 5) is 2.40. The summed E-state index contributed by atoms with van der Waals surface area (Å²) < 4.78 is 0. The number of fused-ring (bicyclic) bond motifs is 1. The van der Waals surface area contributed by atoms with Crippen LogP contribution in [0.2, 0.25) is 0 Å². The van der Waals surface area contributed by atoms with Crippen molar-refractivity contribution < 1.29 is 0 Å². The lowest BCUT2D eigenvalue weighted by Crippen LogP contribution is -2.14. The number of nitrogens with two attached hydrogens (primary N) is 1. The second kappa shape index (κ2) is 4.46. The number of rotatable bonds is 2. The van der Waals surface area contributed by atoms with E-state index in [4.69, 9.17) is 5.73 Å². The maximum absolute atomic E-state index is 5.87. The van der Waals surface area contributed by atoms with E-state index >= 15 is 0 Å². The number of anilines is 1. The van der Waals surface area contributed by atoms with Crippen molar-refractivity contribution in [3.63, 3.8) is 0 Å². The molecule has 0 saturated carbocycles. The van der Waals surface area contributed by atoms with Gasteiger partial charge in [-0.2, -0.15) is 0 Å². The second-order valence-electron chi connectivity index (χ2n) is 5.00. The maximum atomic E-state index is 5.87. The van der Waals surface area contributed by atoms with Gasteiger partial charge in [0.05, 0.1) is 0 Å². The van der Waals surface area contributed by atoms with Crippen LogP contribution < -0.4 is 10.6 Å². The number of nitrogens with zero attached hydrogens (tertiary/aromatic N) is 1. The summed E-state index contributed by atoms with van der Waals surface area (Å²) in [6, 6.07) is 17.4. The Morgan fingerprint density at radius 2 is 1.50 bits per heavy atom. The van der Waals surface area contributed by atoms with Crippen LogP contribution in [0, 0.1) is 0 Å². The molecule has 1 atom stereocenters. The van der Waals surface area contributed by atoms with Gasteiger partial charge in [-0.15, -0.1) is 0 Å². The highest BCUT2D eigenvalue weighted by molar-refractivity contribution is 5.52. The van der Waals surface area contributed by atoms with E-state index in [-0.39, 0.29) is 6.04 Å². The van der Waals surface area contributed by atoms with Crippen LogP contribution in [0.3, 0.4) is 0 Å². The Kier molecular flexibility index (Phi) is 2.80. The fraction of sp³-hybridized carbons (Fsp3) is 0.250. The van der Waals surface area contributed by atoms with Crippen molar-refractivity contribution in [2.75, 3.05) is 4.90 Å². The van der Waals surface area contributed by atoms with Gasteiger partial charge in [-0.25, -0.2) is 0 Å². The lowest BCUT2D eigenvalue weighted by molar-refractivity contribution is 0.815. The molecule has 0 fully saturated rings. The topological polar surface area (TPSA) is 29.3 Å². The van der Waals surface area contributed by atoms with Crippen LogP contribution in [0.5, 0.6) is 0 Å². The summed E-state index contributed by atoms with van der Waals surface area (Å²) in [5.41, 5.74) is 11.2. The van der Waals surface area contributed by atoms with Gasteiger partial charge < -0.3 is 10.6 Å². The third-order valence-corrected chi connectivity index (χ3v) is 3.62. The van der Waals surface area contributed by atoms with Gasteiger partial charge >= 0.3 is 0 Å². The molecule has 2 heteroatoms. The molecular weight excluding hydrogens is 220 g/mol. The fourth-order valence-corrected chi connectivity index (χ4v) is 2.50. The average molecular weight is 238 g/mol. The van der Waals surface area contributed by atoms with Crippen molar-refractivity contribution in [2.24, 2.45) is 5.73 Å². The van der Waals surface area contributed by atoms with Gasteiger partial charge in [-0.1, -0.05) is 36.4 Å². The number of hydrogen-bond acceptors (Lipinski definition) is 2. The monoisotopic (exact) mass is 238 g/mol. The first-order chi connectivity index (χ1) is 8.74. The summed E-state index contributed by atoms with van der Waals surface area (Å²) in [6.45, 7) is 4.03. The van der Waals surface area contributed by atoms with E-state index in [9.17, 15) is 0 Å². The molecule has 2 N–H and O–H groups in total. The molecule has 0 unspecified atom stereocenters. The maximum Gasteiger partial charge on any atom is 0.0436 e. The lowest BCUT2D eigenvalue weighted by Gasteiger charge is -2.18. The number of benzene rings is 2. The van der Waals surface area contributed by atoms with E-state index in [1.54, 1.807) is 0 Å². The minimum Gasteiger partial charge on any atom is -0.363 e. The van der Waals surface area contributed by atoms with Crippen LogP contribution in [0.4, 0.5) is 5.69 Å². The molecule has 1 heterocycles. The van der Waals surface area contributed by atoms with Crippen molar-refractivity contribution >= 4 is 5.69 Å². The van der Waals surface area contributed by atoms with Gasteiger partial charge in [-0.3, -0.25) is 0 Å². The van der Waals surface area contributed by atoms with E-state index in [1.165, 1.54) is 22.4 Å². The predicted octanol–water partition coefficient (Wildman–Crippen LogP) is 3.23. The van der Waals surface area contributed by atoms with E-state index < -0.39 is 0 Å². The SMILES string of the molecule is C[C@@H](N)c1ccc(N2Cc3ccccc3C2)cc1. The van der Waals surface area contributed by atoms with Gasteiger partial charge in [0.15, 0.2) is 0 Å². The van der Waals surface area contributed by atoms with Gasteiger partial charge in [0.25, 0.3) is 0 Å². The summed E-state index contributed by atoms with van der Waals surface area (Å²) in [5.74, 6) is 0. The molecule has 1 aliphatic rings. The summed E-state index contributed by atoms with van der Waals surface area (Å²) >= 11 is 0. The van der Waals surface area contributed by atoms with Crippen molar-refractivity contribution in [3.8, 4) is 0 Å². The highest BCUT2D eigenvalue weighted by Gasteiger charge is 2.18. The molecule has 1 aliphatic heterocycles. The van der Waals surface area contributed by atoms with Crippen LogP contribution in [0.1, 0.15) is 29.7 Å². The predicted molar refractivity (Wildman–Crippen MR) is 75.4 cm³/mol. The van der Waals surface area contributed by atoms with E-state index in [0.29, 0.717) is 0 Å². The summed E-state index contributed by atoms with van der Waals surface area (Å²) in [7, 11) is 0. The molecule has 2 aromatic carbocycles. The Hall–Kier alpha value is -1.80. The largest absolute Gasteiger partial charge is 0.363 e. The molecule has 0 radical (unpaired) electrons. The average Bonchev–Trinajstić information content (AvgIpc) is 2.82. The van der Waals surface area contributed by atoms with Crippen LogP contribution >= 0.6 is 0 Å². The zero-order chi connectivity index (χ0) is 12.5. The molecule has 2 aromatic rings. The smallest absolute Gasteiger partial charge is 0.0436 e. The fourth-order valence-electron chi connectivity index (χ4n) is 2.50. The molecule has 2 nitrogen and oxygen atoms in total. The Morgan fingerprint density at radius 3 is 2.00 bits per heavy atom. The Balaban J connectivity index is 1.82. The number of hydrogen-bond donors (Lipinski definition) is 1. The van der Waals surface area contributed by atoms with Gasteiger partial charge in [0.2, 0.25) is 0 Å². The minimum atomic E-state index is 0.106. The first-order valence-electron chi connectivity index (χ1n) is 6.41. The first-order valence-corrected chi connectivity index (χ1v) is 6.41. The standard InChI is InChI=1S/C16H18N2/c1-12(17)13-6-8-16(9-7-13)18-10-14-4-2-3-5-15(14)11-18/h2-9,12H,10-11,17H2,1H3/t12-/m1/s1. The zero-order valence-corrected chi connectivity index (χ0v) is 10.6. The molecule has 3 rings (SSSR count). The molecule has 0 bridgehead atoms. The molecule has 0 spiro atoms. The molecular formula is C16H18N2. The highest BCUT2D eigenvalue weighted by atomic mass is 15.1. The van der Waals surface area contributed by atoms with Crippen molar-refractivity contribution in [2.45, 2.75) is 26.1 Å². The van der Waals surface area contributed by atoms with Gasteiger partial charge in [0.1, 0.15) is 0 Å². The third kappa shape index (κ3) is 2.00. The van der Waals surface area contributed by atoms with Crippen molar-refractivity contribution in [1.82, 2.24) is 0 Å². The molecule has 0 amide bonds. The Bertz CT molecular complexity index is 518. The molecule has 18 heavy (non-hydrogen) atoms. The van der Waals surface area contributed by atoms with Crippen LogP contribution in [0.25, 0.3) is 0 Å². The van der Waals surface area contributed by atoms with Crippen molar-refractivity contribution in [3.05, 3.63) is 65.2 Å². The van der Waals surface area contributed by atoms with Gasteiger partial charge in [-0.05, 0) is 35.7 Å². The van der Waals surface area contributed by atoms with E-state index in [0.717, 1.165) is 13.1 Å². The van der Waals surface area contributed by atoms with E-state index in [2.05, 4.69) is 53.4 Å². The first kappa shape index (κ1) is 11.3. The van der Waals surface area contributed by atoms with Crippen LogP contribution in [-0.2, 0) is 13.1 Å². The molecule has 0 aliphatic carbocycles. The van der Waals surface area contributed by atoms with Crippen LogP contribution in [-0.4, -0.2) is 0 Å². The summed E-state index contributed by atoms with van der Waals surface area (Å²) in [5, 5.41) is 0. The lowest BCUT2D eigenvalue weighted by atomic mass is 10.1. The molecule has 0 saturated heterocycles. The highest BCUT2D eigenvalue weighted by Crippen LogP contribution is 2.28. The zero-order valence-electron chi connectivity index (χ0n) is 10.6. The Morgan fingerprint density at radius 1 is 0.944 bits per heavy atom. The van der Waals surface area contributed by atoms with Crippen molar-refractivity contribution in [1.29, 1.82) is 0 Å². The third-order valence-electron chi connectivity index (χ3n) is 3.62. The Labute approximate surface area is 108 Å². The van der Waals surface area contributed by atoms with E-state index in [1.807, 2.05) is 6.92 Å². The minimum absolute atomic E-state index is 0.106.